The normalized spacial score (nSPS) is 43.5. The number of aliphatic hydroxyl groups is 1. The van der Waals surface area contributed by atoms with Crippen molar-refractivity contribution in [3.05, 3.63) is 84.0 Å². The quantitative estimate of drug-likeness (QED) is 0.265. The molecule has 10 saturated heterocycles. The van der Waals surface area contributed by atoms with E-state index >= 15 is 0 Å². The molecule has 19 atom stereocenters. The fourth-order valence-corrected chi connectivity index (χ4v) is 14.5. The highest BCUT2D eigenvalue weighted by molar-refractivity contribution is 5.80. The molecule has 1 aliphatic carbocycles. The molecule has 378 valence electrons. The van der Waals surface area contributed by atoms with Crippen molar-refractivity contribution in [3.63, 3.8) is 0 Å². The van der Waals surface area contributed by atoms with E-state index in [1.54, 1.807) is 7.11 Å². The molecule has 10 fully saturated rings. The van der Waals surface area contributed by atoms with E-state index in [0.29, 0.717) is 25.7 Å². The lowest BCUT2D eigenvalue weighted by Gasteiger charge is -2.47. The average Bonchev–Trinajstić information content (AvgIpc) is 4.07. The van der Waals surface area contributed by atoms with Crippen molar-refractivity contribution in [2.24, 2.45) is 11.8 Å². The van der Waals surface area contributed by atoms with Crippen LogP contribution in [0.4, 0.5) is 4.79 Å². The second-order valence-electron chi connectivity index (χ2n) is 22.6. The van der Waals surface area contributed by atoms with Crippen molar-refractivity contribution in [1.82, 2.24) is 5.32 Å². The number of alkyl carbamates (subject to hydrolysis) is 1. The lowest BCUT2D eigenvalue weighted by Crippen LogP contribution is -2.61. The number of rotatable bonds is 7. The molecule has 12 bridgehead atoms. The SMILES string of the molecule is C=C1C[C@@H]2CC[C@@]34C[C@]5(C)O[C@H]6[C@@H](O3)C3OC(CCC3O[C@H]6C5O4)CC(=O)C[C@@H]3[C@@H](OC)[C@@H](C[C@H](O)CNC(=O)OCC4c5ccccc5-c5ccccc54)O[C@H]3CC3O[C@@H](CCC1O2)C[C@@H](C)C3=C. The molecule has 14 heteroatoms. The Morgan fingerprint density at radius 3 is 2.31 bits per heavy atom. The van der Waals surface area contributed by atoms with Crippen molar-refractivity contribution in [2.45, 2.75) is 206 Å². The smallest absolute Gasteiger partial charge is 0.407 e. The molecule has 0 aromatic heterocycles. The van der Waals surface area contributed by atoms with Crippen LogP contribution in [-0.2, 0) is 52.2 Å². The monoisotopic (exact) mass is 965 g/mol. The summed E-state index contributed by atoms with van der Waals surface area (Å²) in [6, 6.07) is 16.4. The standard InChI is InChI=1S/C56H71NO13/c1-29-20-34-14-16-43-30(2)21-36(63-43)18-19-56-28-55(4)53(70-56)52-51(68-55)50(69-56)49-44(67-52)17-15-35(65-49)22-32(58)23-41-46(25-45(64-34)31(29)3)66-47(48(41)61-5)24-33(59)26-57-54(60)62-27-42-39-12-8-6-10-37(39)38-11-7-9-13-40(38)42/h6-13,29,33-36,41-53,59H,2-3,14-28H2,1,4-5H3,(H,57,60)/t29-,33+,34+,35?,36+,41+,43?,44?,45?,46+,47-,48-,49?,50+,51+,52-,53?,55+,56-/m1/s1. The molecule has 1 spiro atoms. The molecular formula is C56H71NO13. The Morgan fingerprint density at radius 2 is 1.53 bits per heavy atom. The highest BCUT2D eigenvalue weighted by atomic mass is 16.8. The average molecular weight is 966 g/mol. The molecular weight excluding hydrogens is 895 g/mol. The second-order valence-corrected chi connectivity index (χ2v) is 22.6. The molecule has 14 nitrogen and oxygen atoms in total. The number of benzene rings is 2. The zero-order chi connectivity index (χ0) is 48.1. The van der Waals surface area contributed by atoms with E-state index in [4.69, 9.17) is 47.4 Å². The Hall–Kier alpha value is -3.54. The lowest BCUT2D eigenvalue weighted by atomic mass is 9.81. The lowest BCUT2D eigenvalue weighted by molar-refractivity contribution is -0.294. The minimum Gasteiger partial charge on any atom is -0.449 e. The maximum absolute atomic E-state index is 14.5. The predicted octanol–water partition coefficient (Wildman–Crippen LogP) is 7.41. The molecule has 1 amide bonds. The summed E-state index contributed by atoms with van der Waals surface area (Å²) in [5, 5.41) is 14.3. The van der Waals surface area contributed by atoms with E-state index < -0.39 is 54.1 Å². The highest BCUT2D eigenvalue weighted by Crippen LogP contribution is 2.59. The third-order valence-electron chi connectivity index (χ3n) is 17.9. The van der Waals surface area contributed by atoms with E-state index in [0.717, 1.165) is 71.9 Å². The minimum absolute atomic E-state index is 0.00623. The maximum atomic E-state index is 14.5. The molecule has 0 radical (unpaired) electrons. The summed E-state index contributed by atoms with van der Waals surface area (Å²) >= 11 is 0. The molecule has 70 heavy (non-hydrogen) atoms. The van der Waals surface area contributed by atoms with Crippen molar-refractivity contribution in [3.8, 4) is 11.1 Å². The molecule has 10 heterocycles. The summed E-state index contributed by atoms with van der Waals surface area (Å²) < 4.78 is 67.1. The number of methoxy groups -OCH3 is 1. The number of amides is 1. The molecule has 2 N–H and O–H groups in total. The van der Waals surface area contributed by atoms with Gasteiger partial charge in [-0.2, -0.15) is 0 Å². The number of carbonyl (C=O) groups excluding carboxylic acids is 2. The summed E-state index contributed by atoms with van der Waals surface area (Å²) in [7, 11) is 1.64. The van der Waals surface area contributed by atoms with Crippen LogP contribution in [0.25, 0.3) is 11.1 Å². The zero-order valence-corrected chi connectivity index (χ0v) is 40.9. The Kier molecular flexibility index (Phi) is 12.7. The number of ether oxygens (including phenoxy) is 10. The van der Waals surface area contributed by atoms with Crippen LogP contribution in [0.1, 0.15) is 114 Å². The van der Waals surface area contributed by atoms with Crippen molar-refractivity contribution >= 4 is 11.9 Å². The Labute approximate surface area is 411 Å². The Balaban J connectivity index is 0.750. The Bertz CT molecular complexity index is 2300. The van der Waals surface area contributed by atoms with Gasteiger partial charge in [0.2, 0.25) is 0 Å². The van der Waals surface area contributed by atoms with Gasteiger partial charge < -0.3 is 57.8 Å². The van der Waals surface area contributed by atoms with Crippen LogP contribution in [-0.4, -0.2) is 140 Å². The first-order valence-corrected chi connectivity index (χ1v) is 26.3. The van der Waals surface area contributed by atoms with Gasteiger partial charge in [-0.15, -0.1) is 0 Å². The summed E-state index contributed by atoms with van der Waals surface area (Å²) in [5.74, 6) is -0.999. The first kappa shape index (κ1) is 47.5. The fourth-order valence-electron chi connectivity index (χ4n) is 14.5. The van der Waals surface area contributed by atoms with E-state index in [9.17, 15) is 14.7 Å². The predicted molar refractivity (Wildman–Crippen MR) is 255 cm³/mol. The van der Waals surface area contributed by atoms with Gasteiger partial charge >= 0.3 is 6.09 Å². The first-order chi connectivity index (χ1) is 33.8. The molecule has 2 aromatic rings. The van der Waals surface area contributed by atoms with Gasteiger partial charge in [0.25, 0.3) is 0 Å². The van der Waals surface area contributed by atoms with Gasteiger partial charge in [-0.05, 0) is 91.2 Å². The third kappa shape index (κ3) is 8.63. The molecule has 6 unspecified atom stereocenters. The van der Waals surface area contributed by atoms with Crippen LogP contribution in [0.5, 0.6) is 0 Å². The van der Waals surface area contributed by atoms with Crippen LogP contribution in [0.3, 0.4) is 0 Å². The highest BCUT2D eigenvalue weighted by Gasteiger charge is 2.73. The van der Waals surface area contributed by atoms with Crippen molar-refractivity contribution < 1.29 is 62.1 Å². The summed E-state index contributed by atoms with van der Waals surface area (Å²) in [5.41, 5.74) is 6.15. The fraction of sp³-hybridized carbons (Fsp3) is 0.679. The Morgan fingerprint density at radius 1 is 0.800 bits per heavy atom. The number of hydrogen-bond acceptors (Lipinski definition) is 13. The van der Waals surface area contributed by atoms with Crippen LogP contribution in [0, 0.1) is 11.8 Å². The molecule has 11 aliphatic rings. The minimum atomic E-state index is -0.976. The summed E-state index contributed by atoms with van der Waals surface area (Å²) in [6.07, 6.45) is 2.20. The zero-order valence-electron chi connectivity index (χ0n) is 40.9. The number of ketones is 1. The number of nitrogens with one attached hydrogen (secondary N) is 1. The number of Topliss-reactive ketones (excluding diaryl/α,β-unsaturated/α-hetero) is 1. The summed E-state index contributed by atoms with van der Waals surface area (Å²) in [4.78, 5) is 27.6. The third-order valence-corrected chi connectivity index (χ3v) is 17.9. The number of hydrogen-bond donors (Lipinski definition) is 2. The van der Waals surface area contributed by atoms with Gasteiger partial charge in [0.05, 0.1) is 61.0 Å². The molecule has 0 saturated carbocycles. The number of fused-ring (bicyclic) bond motifs is 9. The van der Waals surface area contributed by atoms with Gasteiger partial charge in [0.15, 0.2) is 5.79 Å². The van der Waals surface area contributed by atoms with E-state index in [1.165, 1.54) is 0 Å². The van der Waals surface area contributed by atoms with Crippen LogP contribution < -0.4 is 5.32 Å². The van der Waals surface area contributed by atoms with Crippen LogP contribution in [0.2, 0.25) is 0 Å². The first-order valence-electron chi connectivity index (χ1n) is 26.3. The second kappa shape index (κ2) is 18.7. The van der Waals surface area contributed by atoms with Gasteiger partial charge in [-0.25, -0.2) is 4.79 Å². The number of aliphatic hydroxyl groups excluding tert-OH is 1. The van der Waals surface area contributed by atoms with E-state index in [2.05, 4.69) is 56.6 Å². The van der Waals surface area contributed by atoms with Crippen molar-refractivity contribution in [1.29, 1.82) is 0 Å². The largest absolute Gasteiger partial charge is 0.449 e. The van der Waals surface area contributed by atoms with Gasteiger partial charge in [0.1, 0.15) is 48.5 Å². The van der Waals surface area contributed by atoms with E-state index in [1.807, 2.05) is 24.3 Å². The van der Waals surface area contributed by atoms with Gasteiger partial charge in [0, 0.05) is 64.0 Å². The van der Waals surface area contributed by atoms with Crippen molar-refractivity contribution in [2.75, 3.05) is 20.3 Å². The van der Waals surface area contributed by atoms with Gasteiger partial charge in [-0.1, -0.05) is 68.6 Å². The van der Waals surface area contributed by atoms with Crippen LogP contribution >= 0.6 is 0 Å². The summed E-state index contributed by atoms with van der Waals surface area (Å²) in [6.45, 7) is 13.5. The molecule has 10 aliphatic heterocycles. The van der Waals surface area contributed by atoms with E-state index in [-0.39, 0.29) is 111 Å². The molecule has 13 rings (SSSR count). The maximum Gasteiger partial charge on any atom is 0.407 e. The van der Waals surface area contributed by atoms with Gasteiger partial charge in [-0.3, -0.25) is 4.79 Å². The molecule has 2 aromatic carbocycles. The van der Waals surface area contributed by atoms with Crippen LogP contribution in [0.15, 0.2) is 72.8 Å². The topological polar surface area (TPSA) is 159 Å². The number of carbonyl (C=O) groups is 2.